The number of benzene rings is 1. The normalized spacial score (nSPS) is 11.0. The molecule has 3 rings (SSSR count). The topological polar surface area (TPSA) is 98.2 Å². The number of carboxylic acids is 1. The fraction of sp³-hybridized carbons (Fsp3) is 0. The molecule has 0 aliphatic rings. The van der Waals surface area contributed by atoms with Crippen molar-refractivity contribution in [2.24, 2.45) is 0 Å². The van der Waals surface area contributed by atoms with E-state index < -0.39 is 28.6 Å². The first-order chi connectivity index (χ1) is 11.3. The van der Waals surface area contributed by atoms with Crippen molar-refractivity contribution in [3.8, 4) is 5.69 Å². The molecule has 24 heavy (non-hydrogen) atoms. The van der Waals surface area contributed by atoms with Gasteiger partial charge >= 0.3 is 5.97 Å². The van der Waals surface area contributed by atoms with Gasteiger partial charge in [0.1, 0.15) is 28.0 Å². The lowest BCUT2D eigenvalue weighted by Gasteiger charge is -2.13. The first-order valence-electron chi connectivity index (χ1n) is 6.49. The Morgan fingerprint density at radius 2 is 1.96 bits per heavy atom. The molecular formula is C15H8ClF2N3O3. The number of nitrogens with two attached hydrogens (primary N) is 1. The smallest absolute Gasteiger partial charge is 0.341 e. The van der Waals surface area contributed by atoms with E-state index in [0.29, 0.717) is 6.07 Å². The average Bonchev–Trinajstić information content (AvgIpc) is 2.51. The second-order valence-corrected chi connectivity index (χ2v) is 5.26. The third-order valence-electron chi connectivity index (χ3n) is 3.37. The zero-order valence-corrected chi connectivity index (χ0v) is 12.5. The number of hydrogen-bond acceptors (Lipinski definition) is 4. The van der Waals surface area contributed by atoms with Crippen LogP contribution in [0.1, 0.15) is 10.4 Å². The van der Waals surface area contributed by atoms with Crippen LogP contribution in [-0.4, -0.2) is 20.6 Å². The van der Waals surface area contributed by atoms with Crippen LogP contribution in [0.3, 0.4) is 0 Å². The molecule has 0 radical (unpaired) electrons. The second-order valence-electron chi connectivity index (χ2n) is 4.88. The maximum atomic E-state index is 14.2. The predicted molar refractivity (Wildman–Crippen MR) is 83.6 cm³/mol. The highest BCUT2D eigenvalue weighted by Gasteiger charge is 2.19. The van der Waals surface area contributed by atoms with Crippen molar-refractivity contribution >= 4 is 34.3 Å². The highest BCUT2D eigenvalue weighted by atomic mass is 35.5. The van der Waals surface area contributed by atoms with Crippen molar-refractivity contribution in [3.63, 3.8) is 0 Å². The van der Waals surface area contributed by atoms with Crippen molar-refractivity contribution in [2.75, 3.05) is 5.73 Å². The SMILES string of the molecule is Nc1cc(-n2cc(C(=O)O)c(=O)c3ccc(Cl)nc32)c(F)cc1F. The molecule has 0 bridgehead atoms. The van der Waals surface area contributed by atoms with Gasteiger partial charge in [0.25, 0.3) is 0 Å². The molecule has 0 spiro atoms. The van der Waals surface area contributed by atoms with Crippen LogP contribution in [-0.2, 0) is 0 Å². The van der Waals surface area contributed by atoms with Crippen LogP contribution in [0.4, 0.5) is 14.5 Å². The monoisotopic (exact) mass is 351 g/mol. The zero-order valence-electron chi connectivity index (χ0n) is 11.8. The average molecular weight is 352 g/mol. The number of nitrogens with zero attached hydrogens (tertiary/aromatic N) is 2. The number of pyridine rings is 2. The Labute approximate surface area is 137 Å². The van der Waals surface area contributed by atoms with Gasteiger partial charge in [-0.2, -0.15) is 0 Å². The lowest BCUT2D eigenvalue weighted by molar-refractivity contribution is 0.0695. The number of carbonyl (C=O) groups is 1. The van der Waals surface area contributed by atoms with E-state index in [1.807, 2.05) is 0 Å². The van der Waals surface area contributed by atoms with Crippen LogP contribution < -0.4 is 11.2 Å². The lowest BCUT2D eigenvalue weighted by atomic mass is 10.1. The van der Waals surface area contributed by atoms with Crippen molar-refractivity contribution < 1.29 is 18.7 Å². The van der Waals surface area contributed by atoms with Crippen LogP contribution in [0, 0.1) is 11.6 Å². The number of aromatic carboxylic acids is 1. The molecule has 3 aromatic rings. The minimum atomic E-state index is -1.50. The zero-order chi connectivity index (χ0) is 17.6. The number of anilines is 1. The van der Waals surface area contributed by atoms with E-state index in [2.05, 4.69) is 4.98 Å². The molecule has 9 heteroatoms. The fourth-order valence-corrected chi connectivity index (χ4v) is 2.40. The number of aromatic nitrogens is 2. The molecule has 6 nitrogen and oxygen atoms in total. The Bertz CT molecular complexity index is 1070. The van der Waals surface area contributed by atoms with Crippen molar-refractivity contribution in [2.45, 2.75) is 0 Å². The third kappa shape index (κ3) is 2.46. The van der Waals surface area contributed by atoms with Crippen LogP contribution >= 0.6 is 11.6 Å². The Kier molecular flexibility index (Phi) is 3.69. The van der Waals surface area contributed by atoms with Crippen LogP contribution in [0.2, 0.25) is 5.15 Å². The molecule has 0 atom stereocenters. The van der Waals surface area contributed by atoms with E-state index in [-0.39, 0.29) is 27.6 Å². The van der Waals surface area contributed by atoms with Gasteiger partial charge in [0.2, 0.25) is 5.43 Å². The number of hydrogen-bond donors (Lipinski definition) is 2. The molecule has 2 heterocycles. The van der Waals surface area contributed by atoms with Gasteiger partial charge in [-0.05, 0) is 18.2 Å². The van der Waals surface area contributed by atoms with E-state index >= 15 is 0 Å². The molecule has 0 aliphatic heterocycles. The Morgan fingerprint density at radius 3 is 2.62 bits per heavy atom. The summed E-state index contributed by atoms with van der Waals surface area (Å²) < 4.78 is 28.5. The van der Waals surface area contributed by atoms with E-state index in [9.17, 15) is 23.5 Å². The molecule has 1 aromatic carbocycles. The molecule has 0 saturated carbocycles. The molecule has 0 fully saturated rings. The minimum absolute atomic E-state index is 0.00853. The number of nitrogen functional groups attached to an aromatic ring is 1. The first kappa shape index (κ1) is 15.9. The fourth-order valence-electron chi connectivity index (χ4n) is 2.25. The maximum Gasteiger partial charge on any atom is 0.341 e. The molecule has 3 N–H and O–H groups in total. The van der Waals surface area contributed by atoms with Crippen LogP contribution in [0.15, 0.2) is 35.3 Å². The quantitative estimate of drug-likeness (QED) is 0.546. The Hall–Kier alpha value is -3.00. The highest BCUT2D eigenvalue weighted by molar-refractivity contribution is 6.29. The van der Waals surface area contributed by atoms with Crippen LogP contribution in [0.25, 0.3) is 16.7 Å². The van der Waals surface area contributed by atoms with E-state index in [4.69, 9.17) is 17.3 Å². The summed E-state index contributed by atoms with van der Waals surface area (Å²) in [6.07, 6.45) is 0.895. The summed E-state index contributed by atoms with van der Waals surface area (Å²) in [5.41, 5.74) is 3.35. The molecular weight excluding hydrogens is 344 g/mol. The molecule has 0 saturated heterocycles. The largest absolute Gasteiger partial charge is 0.477 e. The summed E-state index contributed by atoms with van der Waals surface area (Å²) in [5, 5.41) is 9.11. The summed E-state index contributed by atoms with van der Waals surface area (Å²) in [4.78, 5) is 27.4. The van der Waals surface area contributed by atoms with Gasteiger partial charge in [-0.3, -0.25) is 9.36 Å². The summed E-state index contributed by atoms with van der Waals surface area (Å²) in [6.45, 7) is 0. The summed E-state index contributed by atoms with van der Waals surface area (Å²) >= 11 is 5.81. The van der Waals surface area contributed by atoms with Gasteiger partial charge in [0.15, 0.2) is 0 Å². The number of halogens is 3. The first-order valence-corrected chi connectivity index (χ1v) is 6.87. The van der Waals surface area contributed by atoms with Crippen LogP contribution in [0.5, 0.6) is 0 Å². The van der Waals surface area contributed by atoms with Gasteiger partial charge in [0.05, 0.1) is 16.8 Å². The van der Waals surface area contributed by atoms with Crippen molar-refractivity contribution in [1.82, 2.24) is 9.55 Å². The number of rotatable bonds is 2. The third-order valence-corrected chi connectivity index (χ3v) is 3.58. The predicted octanol–water partition coefficient (Wildman–Crippen LogP) is 2.60. The van der Waals surface area contributed by atoms with Gasteiger partial charge < -0.3 is 10.8 Å². The lowest BCUT2D eigenvalue weighted by Crippen LogP contribution is -2.19. The summed E-state index contributed by atoms with van der Waals surface area (Å²) in [5.74, 6) is -3.48. The number of carboxylic acid groups (broad SMARTS) is 1. The van der Waals surface area contributed by atoms with Gasteiger partial charge in [-0.1, -0.05) is 11.6 Å². The molecule has 0 aliphatic carbocycles. The Balaban J connectivity index is 2.50. The molecule has 122 valence electrons. The van der Waals surface area contributed by atoms with E-state index in [1.54, 1.807) is 0 Å². The van der Waals surface area contributed by atoms with Crippen molar-refractivity contribution in [1.29, 1.82) is 0 Å². The minimum Gasteiger partial charge on any atom is -0.477 e. The van der Waals surface area contributed by atoms with E-state index in [1.165, 1.54) is 12.1 Å². The van der Waals surface area contributed by atoms with Gasteiger partial charge in [-0.25, -0.2) is 18.6 Å². The molecule has 0 amide bonds. The van der Waals surface area contributed by atoms with Gasteiger partial charge in [0, 0.05) is 12.3 Å². The molecule has 0 unspecified atom stereocenters. The maximum absolute atomic E-state index is 14.2. The standard InChI is InChI=1S/C15H8ClF2N3O3/c16-12-2-1-6-13(22)7(15(23)24)5-21(14(6)20-12)11-4-10(19)8(17)3-9(11)18/h1-5H,19H2,(H,23,24). The molecule has 2 aromatic heterocycles. The highest BCUT2D eigenvalue weighted by Crippen LogP contribution is 2.24. The Morgan fingerprint density at radius 1 is 1.25 bits per heavy atom. The van der Waals surface area contributed by atoms with Crippen molar-refractivity contribution in [3.05, 3.63) is 63.0 Å². The second kappa shape index (κ2) is 5.57. The summed E-state index contributed by atoms with van der Waals surface area (Å²) in [7, 11) is 0. The van der Waals surface area contributed by atoms with E-state index in [0.717, 1.165) is 16.8 Å². The van der Waals surface area contributed by atoms with Gasteiger partial charge in [-0.15, -0.1) is 0 Å². The number of fused-ring (bicyclic) bond motifs is 1. The summed E-state index contributed by atoms with van der Waals surface area (Å²) in [6, 6.07) is 4.11.